The minimum Gasteiger partial charge on any atom is -0.299 e. The van der Waals surface area contributed by atoms with Crippen LogP contribution in [0.4, 0.5) is 0 Å². The Kier molecular flexibility index (Phi) is 4.54. The molecular formula is C15H25NO3. The number of likely N-dealkylation sites (tertiary alicyclic amines) is 1. The molecule has 2 amide bonds. The molecule has 108 valence electrons. The number of carbonyl (C=O) groups excluding carboxylic acids is 3. The summed E-state index contributed by atoms with van der Waals surface area (Å²) in [6.07, 6.45) is 0.809. The molecular weight excluding hydrogens is 242 g/mol. The Balaban J connectivity index is 2.84. The molecule has 0 aromatic rings. The Bertz CT molecular complexity index is 398. The highest BCUT2D eigenvalue weighted by Crippen LogP contribution is 2.32. The lowest BCUT2D eigenvalue weighted by Gasteiger charge is -2.36. The van der Waals surface area contributed by atoms with E-state index in [0.29, 0.717) is 6.42 Å². The molecule has 0 aromatic carbocycles. The number of ketones is 1. The predicted octanol–water partition coefficient (Wildman–Crippen LogP) is 2.41. The summed E-state index contributed by atoms with van der Waals surface area (Å²) < 4.78 is 0. The number of nitrogens with zero attached hydrogens (tertiary/aromatic N) is 1. The molecule has 19 heavy (non-hydrogen) atoms. The molecule has 2 unspecified atom stereocenters. The molecule has 1 saturated heterocycles. The highest BCUT2D eigenvalue weighted by molar-refractivity contribution is 6.04. The van der Waals surface area contributed by atoms with Crippen molar-refractivity contribution >= 4 is 17.6 Å². The highest BCUT2D eigenvalue weighted by atomic mass is 16.2. The van der Waals surface area contributed by atoms with E-state index in [1.54, 1.807) is 6.92 Å². The van der Waals surface area contributed by atoms with Gasteiger partial charge in [-0.15, -0.1) is 0 Å². The van der Waals surface area contributed by atoms with E-state index < -0.39 is 5.54 Å². The maximum atomic E-state index is 12.1. The van der Waals surface area contributed by atoms with Gasteiger partial charge in [0.25, 0.3) is 0 Å². The molecule has 1 heterocycles. The summed E-state index contributed by atoms with van der Waals surface area (Å²) in [4.78, 5) is 37.4. The minimum absolute atomic E-state index is 0.0188. The van der Waals surface area contributed by atoms with Crippen LogP contribution in [0.3, 0.4) is 0 Å². The average molecular weight is 267 g/mol. The summed E-state index contributed by atoms with van der Waals surface area (Å²) in [5.41, 5.74) is -0.594. The second-order valence-electron chi connectivity index (χ2n) is 6.65. The van der Waals surface area contributed by atoms with Crippen LogP contribution in [0.1, 0.15) is 54.4 Å². The summed E-state index contributed by atoms with van der Waals surface area (Å²) in [5, 5.41) is 0. The van der Waals surface area contributed by atoms with E-state index in [1.807, 2.05) is 34.6 Å². The third-order valence-corrected chi connectivity index (χ3v) is 3.84. The zero-order valence-electron chi connectivity index (χ0n) is 12.8. The van der Waals surface area contributed by atoms with E-state index in [4.69, 9.17) is 0 Å². The van der Waals surface area contributed by atoms with E-state index >= 15 is 0 Å². The topological polar surface area (TPSA) is 54.5 Å². The Morgan fingerprint density at radius 1 is 1.32 bits per heavy atom. The first-order valence-corrected chi connectivity index (χ1v) is 6.98. The van der Waals surface area contributed by atoms with Gasteiger partial charge in [0.1, 0.15) is 5.78 Å². The average Bonchev–Trinajstić information content (AvgIpc) is 2.51. The van der Waals surface area contributed by atoms with Gasteiger partial charge in [0.05, 0.1) is 0 Å². The van der Waals surface area contributed by atoms with Gasteiger partial charge in [-0.2, -0.15) is 0 Å². The number of hydrogen-bond donors (Lipinski definition) is 0. The lowest BCUT2D eigenvalue weighted by atomic mass is 9.84. The monoisotopic (exact) mass is 267 g/mol. The summed E-state index contributed by atoms with van der Waals surface area (Å²) in [7, 11) is 0. The van der Waals surface area contributed by atoms with Gasteiger partial charge in [0.2, 0.25) is 11.8 Å². The second-order valence-corrected chi connectivity index (χ2v) is 6.65. The number of amides is 2. The SMILES string of the molecule is CC(C)C(=O)C(C)CC(C)(C)N1C(=O)CC(C)C1=O. The van der Waals surface area contributed by atoms with E-state index in [9.17, 15) is 14.4 Å². The Morgan fingerprint density at radius 3 is 2.21 bits per heavy atom. The molecule has 0 saturated carbocycles. The fourth-order valence-corrected chi connectivity index (χ4v) is 2.93. The third kappa shape index (κ3) is 3.23. The summed E-state index contributed by atoms with van der Waals surface area (Å²) in [6.45, 7) is 11.1. The summed E-state index contributed by atoms with van der Waals surface area (Å²) in [6, 6.07) is 0. The van der Waals surface area contributed by atoms with Gasteiger partial charge in [-0.25, -0.2) is 0 Å². The van der Waals surface area contributed by atoms with Crippen LogP contribution in [0.15, 0.2) is 0 Å². The van der Waals surface area contributed by atoms with Crippen LogP contribution in [0.2, 0.25) is 0 Å². The van der Waals surface area contributed by atoms with Crippen LogP contribution < -0.4 is 0 Å². The molecule has 0 spiro atoms. The number of carbonyl (C=O) groups is 3. The number of Topliss-reactive ketones (excluding diaryl/α,β-unsaturated/α-hetero) is 1. The van der Waals surface area contributed by atoms with Crippen LogP contribution in [0.25, 0.3) is 0 Å². The van der Waals surface area contributed by atoms with E-state index in [1.165, 1.54) is 4.90 Å². The zero-order valence-corrected chi connectivity index (χ0v) is 12.8. The highest BCUT2D eigenvalue weighted by Gasteiger charge is 2.44. The van der Waals surface area contributed by atoms with Crippen LogP contribution in [-0.2, 0) is 14.4 Å². The van der Waals surface area contributed by atoms with Crippen molar-refractivity contribution in [2.45, 2.75) is 59.9 Å². The molecule has 1 rings (SSSR count). The molecule has 0 radical (unpaired) electrons. The van der Waals surface area contributed by atoms with Crippen molar-refractivity contribution in [3.63, 3.8) is 0 Å². The molecule has 0 bridgehead atoms. The van der Waals surface area contributed by atoms with Crippen molar-refractivity contribution in [1.82, 2.24) is 4.90 Å². The summed E-state index contributed by atoms with van der Waals surface area (Å²) >= 11 is 0. The van der Waals surface area contributed by atoms with Gasteiger partial charge < -0.3 is 0 Å². The fraction of sp³-hybridized carbons (Fsp3) is 0.800. The van der Waals surface area contributed by atoms with Crippen molar-refractivity contribution in [3.8, 4) is 0 Å². The Hall–Kier alpha value is -1.19. The predicted molar refractivity (Wildman–Crippen MR) is 73.3 cm³/mol. The van der Waals surface area contributed by atoms with Crippen LogP contribution in [-0.4, -0.2) is 28.0 Å². The van der Waals surface area contributed by atoms with Gasteiger partial charge in [-0.1, -0.05) is 27.7 Å². The first-order chi connectivity index (χ1) is 8.58. The van der Waals surface area contributed by atoms with Crippen molar-refractivity contribution < 1.29 is 14.4 Å². The van der Waals surface area contributed by atoms with Crippen LogP contribution in [0, 0.1) is 17.8 Å². The van der Waals surface area contributed by atoms with Gasteiger partial charge in [-0.3, -0.25) is 19.3 Å². The van der Waals surface area contributed by atoms with E-state index in [2.05, 4.69) is 0 Å². The van der Waals surface area contributed by atoms with E-state index in [-0.39, 0.29) is 41.8 Å². The Morgan fingerprint density at radius 2 is 1.84 bits per heavy atom. The van der Waals surface area contributed by atoms with Crippen molar-refractivity contribution in [1.29, 1.82) is 0 Å². The summed E-state index contributed by atoms with van der Waals surface area (Å²) in [5.74, 6) is -0.449. The zero-order chi connectivity index (χ0) is 15.0. The third-order valence-electron chi connectivity index (χ3n) is 3.84. The maximum absolute atomic E-state index is 12.1. The molecule has 1 aliphatic rings. The van der Waals surface area contributed by atoms with Gasteiger partial charge in [-0.05, 0) is 20.3 Å². The molecule has 0 aliphatic carbocycles. The lowest BCUT2D eigenvalue weighted by Crippen LogP contribution is -2.49. The standard InChI is InChI=1S/C15H25NO3/c1-9(2)13(18)11(4)8-15(5,6)16-12(17)7-10(3)14(16)19/h9-11H,7-8H2,1-6H3. The number of rotatable bonds is 5. The van der Waals surface area contributed by atoms with E-state index in [0.717, 1.165) is 0 Å². The molecule has 1 fully saturated rings. The molecule has 1 aliphatic heterocycles. The van der Waals surface area contributed by atoms with Gasteiger partial charge >= 0.3 is 0 Å². The molecule has 0 aromatic heterocycles. The van der Waals surface area contributed by atoms with Crippen LogP contribution >= 0.6 is 0 Å². The second kappa shape index (κ2) is 5.43. The quantitative estimate of drug-likeness (QED) is 0.719. The van der Waals surface area contributed by atoms with Crippen molar-refractivity contribution in [2.75, 3.05) is 0 Å². The number of hydrogen-bond acceptors (Lipinski definition) is 3. The van der Waals surface area contributed by atoms with Gasteiger partial charge in [0.15, 0.2) is 0 Å². The van der Waals surface area contributed by atoms with Crippen LogP contribution in [0.5, 0.6) is 0 Å². The smallest absolute Gasteiger partial charge is 0.233 e. The largest absolute Gasteiger partial charge is 0.299 e. The minimum atomic E-state index is -0.594. The first-order valence-electron chi connectivity index (χ1n) is 6.98. The Labute approximate surface area is 115 Å². The molecule has 4 heteroatoms. The first kappa shape index (κ1) is 15.9. The number of imide groups is 1. The molecule has 4 nitrogen and oxygen atoms in total. The van der Waals surface area contributed by atoms with Crippen molar-refractivity contribution in [3.05, 3.63) is 0 Å². The van der Waals surface area contributed by atoms with Gasteiger partial charge in [0, 0.05) is 29.7 Å². The molecule has 2 atom stereocenters. The lowest BCUT2D eigenvalue weighted by molar-refractivity contribution is -0.147. The molecule has 0 N–H and O–H groups in total. The fourth-order valence-electron chi connectivity index (χ4n) is 2.93. The van der Waals surface area contributed by atoms with Crippen molar-refractivity contribution in [2.24, 2.45) is 17.8 Å². The normalized spacial score (nSPS) is 22.3. The maximum Gasteiger partial charge on any atom is 0.233 e.